The van der Waals surface area contributed by atoms with E-state index in [-0.39, 0.29) is 11.2 Å². The standard InChI is InChI=1S/C15H21N3O/c1-15(10-17(2)11-15)14(19)12-7-13(9-16-8-12)18-5-3-4-6-18/h7-9H,3-6,10-11H2,1-2H3. The first-order valence-electron chi connectivity index (χ1n) is 7.02. The number of likely N-dealkylation sites (tertiary alicyclic amines) is 1. The van der Waals surface area contributed by atoms with E-state index >= 15 is 0 Å². The molecular weight excluding hydrogens is 238 g/mol. The summed E-state index contributed by atoms with van der Waals surface area (Å²) in [6.07, 6.45) is 6.06. The molecule has 2 saturated heterocycles. The van der Waals surface area contributed by atoms with Gasteiger partial charge in [-0.1, -0.05) is 0 Å². The monoisotopic (exact) mass is 259 g/mol. The van der Waals surface area contributed by atoms with E-state index in [0.29, 0.717) is 0 Å². The van der Waals surface area contributed by atoms with E-state index in [0.717, 1.165) is 37.4 Å². The third-order valence-electron chi connectivity index (χ3n) is 4.24. The summed E-state index contributed by atoms with van der Waals surface area (Å²) in [5, 5.41) is 0. The molecule has 0 aromatic carbocycles. The van der Waals surface area contributed by atoms with Crippen LogP contribution in [-0.2, 0) is 0 Å². The van der Waals surface area contributed by atoms with Crippen LogP contribution < -0.4 is 4.90 Å². The summed E-state index contributed by atoms with van der Waals surface area (Å²) in [5.41, 5.74) is 1.64. The molecule has 3 rings (SSSR count). The molecule has 0 saturated carbocycles. The van der Waals surface area contributed by atoms with Crippen molar-refractivity contribution in [2.75, 3.05) is 38.1 Å². The quantitative estimate of drug-likeness (QED) is 0.776. The van der Waals surface area contributed by atoms with E-state index in [2.05, 4.69) is 21.7 Å². The van der Waals surface area contributed by atoms with Gasteiger partial charge in [0, 0.05) is 37.9 Å². The number of carbonyl (C=O) groups excluding carboxylic acids is 1. The number of pyridine rings is 1. The lowest BCUT2D eigenvalue weighted by Crippen LogP contribution is -2.56. The molecule has 0 radical (unpaired) electrons. The molecule has 0 aliphatic carbocycles. The van der Waals surface area contributed by atoms with Gasteiger partial charge in [-0.15, -0.1) is 0 Å². The number of hydrogen-bond donors (Lipinski definition) is 0. The van der Waals surface area contributed by atoms with Gasteiger partial charge in [0.25, 0.3) is 0 Å². The Hall–Kier alpha value is -1.42. The van der Waals surface area contributed by atoms with Gasteiger partial charge in [0.2, 0.25) is 0 Å². The van der Waals surface area contributed by atoms with E-state index in [1.165, 1.54) is 12.8 Å². The van der Waals surface area contributed by atoms with Crippen molar-refractivity contribution in [2.45, 2.75) is 19.8 Å². The maximum absolute atomic E-state index is 12.6. The Kier molecular flexibility index (Phi) is 3.05. The SMILES string of the molecule is CN1CC(C)(C(=O)c2cncc(N3CCCC3)c2)C1. The van der Waals surface area contributed by atoms with Crippen LogP contribution in [0.15, 0.2) is 18.5 Å². The van der Waals surface area contributed by atoms with Crippen LogP contribution in [0.25, 0.3) is 0 Å². The molecule has 4 heteroatoms. The highest BCUT2D eigenvalue weighted by molar-refractivity contribution is 6.01. The highest BCUT2D eigenvalue weighted by Gasteiger charge is 2.43. The van der Waals surface area contributed by atoms with Crippen LogP contribution in [0.1, 0.15) is 30.1 Å². The van der Waals surface area contributed by atoms with Gasteiger partial charge in [-0.2, -0.15) is 0 Å². The zero-order valence-electron chi connectivity index (χ0n) is 11.7. The van der Waals surface area contributed by atoms with Crippen molar-refractivity contribution in [3.05, 3.63) is 24.0 Å². The number of ketones is 1. The van der Waals surface area contributed by atoms with Crippen molar-refractivity contribution in [3.8, 4) is 0 Å². The van der Waals surface area contributed by atoms with Gasteiger partial charge in [0.15, 0.2) is 5.78 Å². The Morgan fingerprint density at radius 2 is 1.95 bits per heavy atom. The second-order valence-corrected chi connectivity index (χ2v) is 6.19. The molecule has 0 atom stereocenters. The van der Waals surface area contributed by atoms with Crippen LogP contribution in [0.5, 0.6) is 0 Å². The third kappa shape index (κ3) is 2.25. The summed E-state index contributed by atoms with van der Waals surface area (Å²) in [4.78, 5) is 21.3. The third-order valence-corrected chi connectivity index (χ3v) is 4.24. The number of hydrogen-bond acceptors (Lipinski definition) is 4. The van der Waals surface area contributed by atoms with Gasteiger partial charge in [-0.05, 0) is 32.9 Å². The number of nitrogens with zero attached hydrogens (tertiary/aromatic N) is 3. The van der Waals surface area contributed by atoms with Crippen molar-refractivity contribution < 1.29 is 4.79 Å². The maximum Gasteiger partial charge on any atom is 0.172 e. The van der Waals surface area contributed by atoms with Gasteiger partial charge in [0.1, 0.15) is 0 Å². The average Bonchev–Trinajstić information content (AvgIpc) is 2.90. The van der Waals surface area contributed by atoms with Crippen molar-refractivity contribution in [3.63, 3.8) is 0 Å². The highest BCUT2D eigenvalue weighted by atomic mass is 16.1. The Morgan fingerprint density at radius 3 is 2.58 bits per heavy atom. The molecule has 2 aliphatic heterocycles. The molecule has 4 nitrogen and oxygen atoms in total. The van der Waals surface area contributed by atoms with Crippen LogP contribution in [0.2, 0.25) is 0 Å². The predicted octanol–water partition coefficient (Wildman–Crippen LogP) is 1.82. The average molecular weight is 259 g/mol. The Morgan fingerprint density at radius 1 is 1.26 bits per heavy atom. The van der Waals surface area contributed by atoms with E-state index in [1.54, 1.807) is 6.20 Å². The summed E-state index contributed by atoms with van der Waals surface area (Å²) in [6, 6.07) is 2.02. The highest BCUT2D eigenvalue weighted by Crippen LogP contribution is 2.33. The van der Waals surface area contributed by atoms with Gasteiger partial charge < -0.3 is 9.80 Å². The summed E-state index contributed by atoms with van der Waals surface area (Å²) in [6.45, 7) is 5.91. The Labute approximate surface area is 114 Å². The minimum Gasteiger partial charge on any atom is -0.370 e. The number of aromatic nitrogens is 1. The largest absolute Gasteiger partial charge is 0.370 e. The van der Waals surface area contributed by atoms with Crippen LogP contribution in [0.3, 0.4) is 0 Å². The van der Waals surface area contributed by atoms with Gasteiger partial charge in [0.05, 0.1) is 17.3 Å². The number of anilines is 1. The molecule has 19 heavy (non-hydrogen) atoms. The first kappa shape index (κ1) is 12.6. The number of carbonyl (C=O) groups is 1. The molecule has 0 bridgehead atoms. The van der Waals surface area contributed by atoms with Crippen molar-refractivity contribution in [2.24, 2.45) is 5.41 Å². The van der Waals surface area contributed by atoms with E-state index in [4.69, 9.17) is 0 Å². The first-order valence-corrected chi connectivity index (χ1v) is 7.02. The molecule has 2 aliphatic rings. The van der Waals surface area contributed by atoms with E-state index < -0.39 is 0 Å². The molecule has 1 aromatic rings. The lowest BCUT2D eigenvalue weighted by atomic mass is 9.76. The molecule has 3 heterocycles. The zero-order chi connectivity index (χ0) is 13.5. The summed E-state index contributed by atoms with van der Waals surface area (Å²) >= 11 is 0. The topological polar surface area (TPSA) is 36.4 Å². The zero-order valence-corrected chi connectivity index (χ0v) is 11.7. The minimum atomic E-state index is -0.222. The van der Waals surface area contributed by atoms with Crippen LogP contribution in [0.4, 0.5) is 5.69 Å². The maximum atomic E-state index is 12.6. The minimum absolute atomic E-state index is 0.222. The van der Waals surface area contributed by atoms with Crippen molar-refractivity contribution in [1.82, 2.24) is 9.88 Å². The molecule has 0 spiro atoms. The van der Waals surface area contributed by atoms with Crippen molar-refractivity contribution >= 4 is 11.5 Å². The first-order chi connectivity index (χ1) is 9.08. The fraction of sp³-hybridized carbons (Fsp3) is 0.600. The van der Waals surface area contributed by atoms with Gasteiger partial charge in [-0.25, -0.2) is 0 Å². The number of rotatable bonds is 3. The van der Waals surface area contributed by atoms with Gasteiger partial charge >= 0.3 is 0 Å². The molecule has 0 unspecified atom stereocenters. The molecular formula is C15H21N3O. The molecule has 102 valence electrons. The summed E-state index contributed by atoms with van der Waals surface area (Å²) in [5.74, 6) is 0.235. The van der Waals surface area contributed by atoms with Gasteiger partial charge in [-0.3, -0.25) is 9.78 Å². The fourth-order valence-electron chi connectivity index (χ4n) is 3.34. The van der Waals surface area contributed by atoms with Crippen LogP contribution >= 0.6 is 0 Å². The Bertz CT molecular complexity index is 488. The molecule has 1 aromatic heterocycles. The van der Waals surface area contributed by atoms with Crippen LogP contribution in [-0.4, -0.2) is 48.9 Å². The predicted molar refractivity (Wildman–Crippen MR) is 75.6 cm³/mol. The molecule has 2 fully saturated rings. The van der Waals surface area contributed by atoms with E-state index in [1.807, 2.05) is 19.3 Å². The van der Waals surface area contributed by atoms with Crippen LogP contribution in [0, 0.1) is 5.41 Å². The summed E-state index contributed by atoms with van der Waals surface area (Å²) in [7, 11) is 2.05. The second kappa shape index (κ2) is 4.60. The Balaban J connectivity index is 1.81. The lowest BCUT2D eigenvalue weighted by Gasteiger charge is -2.44. The fourth-order valence-corrected chi connectivity index (χ4v) is 3.34. The second-order valence-electron chi connectivity index (χ2n) is 6.19. The normalized spacial score (nSPS) is 22.3. The van der Waals surface area contributed by atoms with Crippen molar-refractivity contribution in [1.29, 1.82) is 0 Å². The lowest BCUT2D eigenvalue weighted by molar-refractivity contribution is 0.0322. The molecule has 0 N–H and O–H groups in total. The smallest absolute Gasteiger partial charge is 0.172 e. The summed E-state index contributed by atoms with van der Waals surface area (Å²) < 4.78 is 0. The van der Waals surface area contributed by atoms with E-state index in [9.17, 15) is 4.79 Å². The molecule has 0 amide bonds. The number of Topliss-reactive ketones (excluding diaryl/α,β-unsaturated/α-hetero) is 1.